The molecule has 2 aromatic carbocycles. The Balaban J connectivity index is 0.000000431. The number of hydrogen-bond acceptors (Lipinski definition) is 8. The first-order chi connectivity index (χ1) is 19.6. The van der Waals surface area contributed by atoms with Crippen molar-refractivity contribution >= 4 is 51.5 Å². The molecule has 5 aromatic rings. The summed E-state index contributed by atoms with van der Waals surface area (Å²) in [5.74, 6) is -1.25. The average molecular weight is 593 g/mol. The molecule has 0 spiro atoms. The van der Waals surface area contributed by atoms with Gasteiger partial charge in [0.15, 0.2) is 17.0 Å². The molecule has 0 saturated carbocycles. The number of imidazole rings is 2. The molecule has 1 saturated heterocycles. The number of morpholine rings is 1. The van der Waals surface area contributed by atoms with Crippen LogP contribution in [-0.4, -0.2) is 73.0 Å². The quantitative estimate of drug-likeness (QED) is 0.251. The fourth-order valence-electron chi connectivity index (χ4n) is 4.03. The van der Waals surface area contributed by atoms with Crippen molar-refractivity contribution in [3.8, 4) is 5.69 Å². The lowest BCUT2D eigenvalue weighted by Crippen LogP contribution is -2.37. The number of benzene rings is 2. The van der Waals surface area contributed by atoms with Gasteiger partial charge in [-0.1, -0.05) is 23.7 Å². The number of carboxylic acid groups (broad SMARTS) is 1. The SMILES string of the molecule is Fc1cccc(-n2cnc3c(NCc4nc5c(Cl)cccc5[nH]4)nc(N4CCOCC4)nc32)c1.O=C(O)C(F)(F)F. The molecule has 1 aliphatic rings. The lowest BCUT2D eigenvalue weighted by atomic mass is 10.3. The Morgan fingerprint density at radius 2 is 1.83 bits per heavy atom. The second-order valence-corrected chi connectivity index (χ2v) is 9.12. The van der Waals surface area contributed by atoms with E-state index in [4.69, 9.17) is 36.2 Å². The highest BCUT2D eigenvalue weighted by Gasteiger charge is 2.38. The number of para-hydroxylation sites is 1. The number of alkyl halides is 3. The van der Waals surface area contributed by atoms with Crippen molar-refractivity contribution in [1.82, 2.24) is 29.5 Å². The summed E-state index contributed by atoms with van der Waals surface area (Å²) in [5, 5.41) is 11.1. The molecule has 3 aromatic heterocycles. The summed E-state index contributed by atoms with van der Waals surface area (Å²) in [7, 11) is 0. The number of ether oxygens (including phenoxy) is 1. The first-order valence-electron chi connectivity index (χ1n) is 12.1. The zero-order valence-corrected chi connectivity index (χ0v) is 21.7. The highest BCUT2D eigenvalue weighted by atomic mass is 35.5. The van der Waals surface area contributed by atoms with Gasteiger partial charge in [0.25, 0.3) is 0 Å². The van der Waals surface area contributed by atoms with Crippen molar-refractivity contribution in [2.45, 2.75) is 12.7 Å². The van der Waals surface area contributed by atoms with Gasteiger partial charge in [0.05, 0.1) is 36.0 Å². The number of aliphatic carboxylic acids is 1. The summed E-state index contributed by atoms with van der Waals surface area (Å²) in [4.78, 5) is 32.9. The van der Waals surface area contributed by atoms with Gasteiger partial charge in [-0.05, 0) is 30.3 Å². The maximum absolute atomic E-state index is 13.9. The number of H-pyrrole nitrogens is 1. The number of nitrogens with one attached hydrogen (secondary N) is 2. The van der Waals surface area contributed by atoms with E-state index in [1.165, 1.54) is 12.1 Å². The van der Waals surface area contributed by atoms with Crippen LogP contribution in [0.3, 0.4) is 0 Å². The van der Waals surface area contributed by atoms with E-state index < -0.39 is 12.1 Å². The van der Waals surface area contributed by atoms with Gasteiger partial charge >= 0.3 is 12.1 Å². The molecule has 0 aliphatic carbocycles. The largest absolute Gasteiger partial charge is 0.490 e. The summed E-state index contributed by atoms with van der Waals surface area (Å²) in [6.07, 6.45) is -3.46. The molecular formula is C25H21ClF4N8O3. The summed E-state index contributed by atoms with van der Waals surface area (Å²) < 4.78 is 52.9. The Morgan fingerprint density at radius 3 is 2.51 bits per heavy atom. The number of nitrogens with zero attached hydrogens (tertiary/aromatic N) is 6. The zero-order valence-electron chi connectivity index (χ0n) is 21.0. The summed E-state index contributed by atoms with van der Waals surface area (Å²) in [6.45, 7) is 2.95. The van der Waals surface area contributed by atoms with E-state index in [2.05, 4.69) is 25.2 Å². The molecule has 214 valence electrons. The first-order valence-corrected chi connectivity index (χ1v) is 12.5. The Morgan fingerprint density at radius 1 is 1.10 bits per heavy atom. The van der Waals surface area contributed by atoms with Gasteiger partial charge in [-0.3, -0.25) is 4.57 Å². The average Bonchev–Trinajstić information content (AvgIpc) is 3.57. The molecule has 4 heterocycles. The Labute approximate surface area is 233 Å². The van der Waals surface area contributed by atoms with Crippen molar-refractivity contribution in [2.75, 3.05) is 36.5 Å². The molecule has 0 atom stereocenters. The highest BCUT2D eigenvalue weighted by Crippen LogP contribution is 2.27. The van der Waals surface area contributed by atoms with E-state index in [0.29, 0.717) is 72.3 Å². The number of fused-ring (bicyclic) bond motifs is 2. The van der Waals surface area contributed by atoms with Crippen LogP contribution in [0.2, 0.25) is 5.02 Å². The van der Waals surface area contributed by atoms with Crippen LogP contribution in [0.15, 0.2) is 48.8 Å². The number of carbonyl (C=O) groups is 1. The van der Waals surface area contributed by atoms with E-state index in [1.807, 2.05) is 24.3 Å². The second kappa shape index (κ2) is 11.5. The molecule has 1 aliphatic heterocycles. The normalized spacial score (nSPS) is 13.7. The molecule has 0 bridgehead atoms. The van der Waals surface area contributed by atoms with E-state index in [9.17, 15) is 17.6 Å². The third-order valence-corrected chi connectivity index (χ3v) is 6.25. The molecule has 0 unspecified atom stereocenters. The van der Waals surface area contributed by atoms with Gasteiger partial charge in [0.2, 0.25) is 5.95 Å². The predicted molar refractivity (Wildman–Crippen MR) is 142 cm³/mol. The first kappa shape index (κ1) is 28.0. The monoisotopic (exact) mass is 592 g/mol. The maximum Gasteiger partial charge on any atom is 0.490 e. The van der Waals surface area contributed by atoms with Crippen molar-refractivity contribution in [1.29, 1.82) is 0 Å². The van der Waals surface area contributed by atoms with Gasteiger partial charge in [0, 0.05) is 13.1 Å². The molecule has 1 fully saturated rings. The van der Waals surface area contributed by atoms with Crippen LogP contribution in [0.4, 0.5) is 29.3 Å². The summed E-state index contributed by atoms with van der Waals surface area (Å²) in [5.41, 5.74) is 3.37. The standard InChI is InChI=1S/C23H20ClFN8O.C2HF3O2/c24-16-5-2-6-17-19(16)29-18(28-17)12-26-21-20-22(31-23(30-21)32-7-9-34-10-8-32)33(13-27-20)15-4-1-3-14(25)11-15;3-2(4,5)1(6)7/h1-6,11,13H,7-10,12H2,(H,28,29)(H,26,30,31);(H,6,7). The van der Waals surface area contributed by atoms with Crippen LogP contribution in [-0.2, 0) is 16.1 Å². The van der Waals surface area contributed by atoms with Crippen LogP contribution in [0.25, 0.3) is 27.9 Å². The minimum absolute atomic E-state index is 0.330. The van der Waals surface area contributed by atoms with Crippen LogP contribution in [0, 0.1) is 5.82 Å². The van der Waals surface area contributed by atoms with Crippen LogP contribution in [0.5, 0.6) is 0 Å². The van der Waals surface area contributed by atoms with E-state index in [-0.39, 0.29) is 5.82 Å². The number of anilines is 2. The highest BCUT2D eigenvalue weighted by molar-refractivity contribution is 6.34. The molecule has 11 nitrogen and oxygen atoms in total. The molecule has 6 rings (SSSR count). The molecule has 3 N–H and O–H groups in total. The number of halogens is 5. The number of hydrogen-bond donors (Lipinski definition) is 3. The van der Waals surface area contributed by atoms with Gasteiger partial charge in [-0.15, -0.1) is 0 Å². The third-order valence-electron chi connectivity index (χ3n) is 5.94. The van der Waals surface area contributed by atoms with Gasteiger partial charge in [-0.25, -0.2) is 19.2 Å². The van der Waals surface area contributed by atoms with Crippen molar-refractivity contribution in [3.63, 3.8) is 0 Å². The van der Waals surface area contributed by atoms with Gasteiger partial charge < -0.3 is 25.0 Å². The van der Waals surface area contributed by atoms with Gasteiger partial charge in [-0.2, -0.15) is 23.1 Å². The lowest BCUT2D eigenvalue weighted by Gasteiger charge is -2.27. The Hall–Kier alpha value is -4.50. The zero-order chi connectivity index (χ0) is 29.1. The molecule has 16 heteroatoms. The van der Waals surface area contributed by atoms with Crippen molar-refractivity contribution in [2.24, 2.45) is 0 Å². The number of rotatable bonds is 5. The fraction of sp³-hybridized carbons (Fsp3) is 0.240. The maximum atomic E-state index is 13.9. The number of carboxylic acids is 1. The third kappa shape index (κ3) is 6.30. The van der Waals surface area contributed by atoms with Crippen molar-refractivity contribution < 1.29 is 32.2 Å². The van der Waals surface area contributed by atoms with E-state index in [1.54, 1.807) is 17.0 Å². The second-order valence-electron chi connectivity index (χ2n) is 8.71. The summed E-state index contributed by atoms with van der Waals surface area (Å²) in [6, 6.07) is 11.9. The number of aromatic amines is 1. The molecule has 0 radical (unpaired) electrons. The van der Waals surface area contributed by atoms with Crippen LogP contribution < -0.4 is 10.2 Å². The predicted octanol–water partition coefficient (Wildman–Crippen LogP) is 4.57. The van der Waals surface area contributed by atoms with E-state index >= 15 is 0 Å². The van der Waals surface area contributed by atoms with Crippen molar-refractivity contribution in [3.05, 3.63) is 65.5 Å². The Bertz CT molecular complexity index is 1700. The smallest absolute Gasteiger partial charge is 0.475 e. The summed E-state index contributed by atoms with van der Waals surface area (Å²) >= 11 is 6.27. The van der Waals surface area contributed by atoms with E-state index in [0.717, 1.165) is 11.0 Å². The molecule has 41 heavy (non-hydrogen) atoms. The number of aromatic nitrogens is 6. The topological polar surface area (TPSA) is 134 Å². The molecule has 0 amide bonds. The fourth-order valence-corrected chi connectivity index (χ4v) is 4.25. The lowest BCUT2D eigenvalue weighted by molar-refractivity contribution is -0.192. The van der Waals surface area contributed by atoms with Crippen LogP contribution >= 0.6 is 11.6 Å². The minimum atomic E-state index is -5.08. The minimum Gasteiger partial charge on any atom is -0.475 e. The molecular weight excluding hydrogens is 572 g/mol. The Kier molecular flexibility index (Phi) is 7.90. The van der Waals surface area contributed by atoms with Gasteiger partial charge in [0.1, 0.15) is 23.5 Å². The van der Waals surface area contributed by atoms with Crippen LogP contribution in [0.1, 0.15) is 5.82 Å².